The molecule has 0 amide bonds. The first-order valence-corrected chi connectivity index (χ1v) is 2.29. The molecule has 0 saturated carbocycles. The van der Waals surface area contributed by atoms with Crippen molar-refractivity contribution >= 4 is 6.21 Å². The monoisotopic (exact) mass is 112 g/mol. The zero-order valence-electron chi connectivity index (χ0n) is 4.36. The summed E-state index contributed by atoms with van der Waals surface area (Å²) < 4.78 is 0. The maximum Gasteiger partial charge on any atom is 0.186 e. The van der Waals surface area contributed by atoms with Crippen LogP contribution in [0.3, 0.4) is 0 Å². The van der Waals surface area contributed by atoms with E-state index in [1.165, 1.54) is 5.01 Å². The zero-order chi connectivity index (χ0) is 5.98. The van der Waals surface area contributed by atoms with Crippen LogP contribution in [0.25, 0.3) is 0 Å². The molecule has 1 heterocycles. The lowest BCUT2D eigenvalue weighted by atomic mass is 10.5. The summed E-state index contributed by atoms with van der Waals surface area (Å²) in [7, 11) is 0. The molecule has 1 unspecified atom stereocenters. The molecule has 1 aliphatic rings. The van der Waals surface area contributed by atoms with Gasteiger partial charge in [-0.25, -0.2) is 5.84 Å². The molecule has 4 N–H and O–H groups in total. The first-order valence-electron chi connectivity index (χ1n) is 2.29. The van der Waals surface area contributed by atoms with E-state index in [-0.39, 0.29) is 0 Å². The molecule has 0 radical (unpaired) electrons. The van der Waals surface area contributed by atoms with Gasteiger partial charge in [-0.05, 0) is 6.08 Å². The van der Waals surface area contributed by atoms with Gasteiger partial charge in [0.1, 0.15) is 0 Å². The Bertz CT molecular complexity index is 112. The minimum atomic E-state index is -0.403. The lowest BCUT2D eigenvalue weighted by Gasteiger charge is -2.19. The summed E-state index contributed by atoms with van der Waals surface area (Å²) in [5, 5.41) is 1.33. The number of aliphatic imine (C=N–C) groups is 1. The van der Waals surface area contributed by atoms with Crippen molar-refractivity contribution in [3.63, 3.8) is 0 Å². The third kappa shape index (κ3) is 0.853. The van der Waals surface area contributed by atoms with Crippen LogP contribution in [0.1, 0.15) is 0 Å². The number of nitrogens with zero attached hydrogens (tertiary/aromatic N) is 2. The summed E-state index contributed by atoms with van der Waals surface area (Å²) in [5.41, 5.74) is 5.33. The van der Waals surface area contributed by atoms with Gasteiger partial charge < -0.3 is 0 Å². The Kier molecular flexibility index (Phi) is 1.27. The SMILES string of the molecule is NC1N=CC=CN1N. The molecule has 0 aliphatic carbocycles. The highest BCUT2D eigenvalue weighted by Gasteiger charge is 2.02. The molecule has 4 nitrogen and oxygen atoms in total. The van der Waals surface area contributed by atoms with Crippen molar-refractivity contribution in [2.45, 2.75) is 6.29 Å². The molecule has 8 heavy (non-hydrogen) atoms. The van der Waals surface area contributed by atoms with Gasteiger partial charge in [-0.2, -0.15) is 0 Å². The topological polar surface area (TPSA) is 67.6 Å². The zero-order valence-corrected chi connectivity index (χ0v) is 4.36. The van der Waals surface area contributed by atoms with Gasteiger partial charge in [0, 0.05) is 12.4 Å². The molecule has 0 spiro atoms. The van der Waals surface area contributed by atoms with Gasteiger partial charge in [-0.3, -0.25) is 15.7 Å². The molecule has 1 rings (SSSR count). The maximum absolute atomic E-state index is 5.33. The third-order valence-corrected chi connectivity index (χ3v) is 0.889. The van der Waals surface area contributed by atoms with Crippen molar-refractivity contribution in [2.75, 3.05) is 0 Å². The van der Waals surface area contributed by atoms with Gasteiger partial charge in [0.05, 0.1) is 0 Å². The predicted octanol–water partition coefficient (Wildman–Crippen LogP) is -0.998. The Morgan fingerprint density at radius 3 is 2.75 bits per heavy atom. The van der Waals surface area contributed by atoms with E-state index in [1.54, 1.807) is 18.5 Å². The second-order valence-electron chi connectivity index (χ2n) is 1.50. The molecule has 4 heteroatoms. The van der Waals surface area contributed by atoms with Gasteiger partial charge in [0.15, 0.2) is 6.29 Å². The fourth-order valence-electron chi connectivity index (χ4n) is 0.441. The van der Waals surface area contributed by atoms with Gasteiger partial charge in [-0.15, -0.1) is 0 Å². The van der Waals surface area contributed by atoms with Crippen molar-refractivity contribution in [1.82, 2.24) is 5.01 Å². The summed E-state index contributed by atoms with van der Waals surface area (Å²) in [6.07, 6.45) is 4.61. The Morgan fingerprint density at radius 1 is 1.62 bits per heavy atom. The van der Waals surface area contributed by atoms with Gasteiger partial charge in [0.2, 0.25) is 0 Å². The second-order valence-corrected chi connectivity index (χ2v) is 1.50. The standard InChI is InChI=1S/C4H8N4/c5-4-7-2-1-3-8(4)6/h1-4H,5-6H2. The molecule has 0 fully saturated rings. The Balaban J connectivity index is 2.59. The van der Waals surface area contributed by atoms with Crippen LogP contribution >= 0.6 is 0 Å². The van der Waals surface area contributed by atoms with E-state index in [1.807, 2.05) is 0 Å². The molecule has 0 aromatic rings. The van der Waals surface area contributed by atoms with Crippen molar-refractivity contribution in [1.29, 1.82) is 0 Å². The Hall–Kier alpha value is -0.870. The molecular formula is C4H8N4. The van der Waals surface area contributed by atoms with Crippen LogP contribution in [0.2, 0.25) is 0 Å². The number of hydrogen-bond acceptors (Lipinski definition) is 4. The fourth-order valence-corrected chi connectivity index (χ4v) is 0.441. The summed E-state index contributed by atoms with van der Waals surface area (Å²) >= 11 is 0. The summed E-state index contributed by atoms with van der Waals surface area (Å²) in [6.45, 7) is 0. The molecule has 0 saturated heterocycles. The second kappa shape index (κ2) is 1.94. The molecule has 1 aliphatic heterocycles. The van der Waals surface area contributed by atoms with Crippen molar-refractivity contribution < 1.29 is 0 Å². The summed E-state index contributed by atoms with van der Waals surface area (Å²) in [5.74, 6) is 5.29. The minimum Gasteiger partial charge on any atom is -0.291 e. The highest BCUT2D eigenvalue weighted by molar-refractivity contribution is 5.71. The molecule has 44 valence electrons. The van der Waals surface area contributed by atoms with E-state index in [4.69, 9.17) is 11.6 Å². The first kappa shape index (κ1) is 5.27. The van der Waals surface area contributed by atoms with Crippen molar-refractivity contribution in [3.05, 3.63) is 12.3 Å². The highest BCUT2D eigenvalue weighted by atomic mass is 15.5. The van der Waals surface area contributed by atoms with Crippen LogP contribution in [0.5, 0.6) is 0 Å². The smallest absolute Gasteiger partial charge is 0.186 e. The Morgan fingerprint density at radius 2 is 2.38 bits per heavy atom. The van der Waals surface area contributed by atoms with Crippen LogP contribution in [0.15, 0.2) is 17.3 Å². The quantitative estimate of drug-likeness (QED) is 0.395. The number of nitrogens with two attached hydrogens (primary N) is 2. The molecule has 0 bridgehead atoms. The fraction of sp³-hybridized carbons (Fsp3) is 0.250. The number of hydrazine groups is 1. The van der Waals surface area contributed by atoms with Crippen LogP contribution in [0.4, 0.5) is 0 Å². The van der Waals surface area contributed by atoms with E-state index in [0.29, 0.717) is 0 Å². The van der Waals surface area contributed by atoms with Crippen LogP contribution in [0, 0.1) is 0 Å². The first-order chi connectivity index (χ1) is 3.80. The lowest BCUT2D eigenvalue weighted by molar-refractivity contribution is 0.297. The van der Waals surface area contributed by atoms with E-state index < -0.39 is 6.29 Å². The normalized spacial score (nSPS) is 26.8. The molecule has 0 aromatic heterocycles. The van der Waals surface area contributed by atoms with E-state index in [0.717, 1.165) is 0 Å². The minimum absolute atomic E-state index is 0.403. The highest BCUT2D eigenvalue weighted by Crippen LogP contribution is 1.91. The van der Waals surface area contributed by atoms with E-state index in [2.05, 4.69) is 4.99 Å². The van der Waals surface area contributed by atoms with Gasteiger partial charge in [0.25, 0.3) is 0 Å². The maximum atomic E-state index is 5.33. The molecule has 0 aromatic carbocycles. The molecule has 1 atom stereocenters. The average molecular weight is 112 g/mol. The molecular weight excluding hydrogens is 104 g/mol. The van der Waals surface area contributed by atoms with Crippen LogP contribution in [-0.2, 0) is 0 Å². The third-order valence-electron chi connectivity index (χ3n) is 0.889. The van der Waals surface area contributed by atoms with Crippen LogP contribution < -0.4 is 11.6 Å². The van der Waals surface area contributed by atoms with Gasteiger partial charge >= 0.3 is 0 Å². The summed E-state index contributed by atoms with van der Waals surface area (Å²) in [6, 6.07) is 0. The van der Waals surface area contributed by atoms with Crippen molar-refractivity contribution in [3.8, 4) is 0 Å². The number of rotatable bonds is 0. The largest absolute Gasteiger partial charge is 0.291 e. The number of hydrogen-bond donors (Lipinski definition) is 2. The lowest BCUT2D eigenvalue weighted by Crippen LogP contribution is -2.42. The summed E-state index contributed by atoms with van der Waals surface area (Å²) in [4.78, 5) is 3.78. The predicted molar refractivity (Wildman–Crippen MR) is 31.6 cm³/mol. The Labute approximate surface area is 47.4 Å². The van der Waals surface area contributed by atoms with Crippen LogP contribution in [-0.4, -0.2) is 17.5 Å². The van der Waals surface area contributed by atoms with E-state index >= 15 is 0 Å². The van der Waals surface area contributed by atoms with Crippen molar-refractivity contribution in [2.24, 2.45) is 16.6 Å². The number of allylic oxidation sites excluding steroid dienone is 1. The van der Waals surface area contributed by atoms with E-state index in [9.17, 15) is 0 Å². The van der Waals surface area contributed by atoms with Gasteiger partial charge in [-0.1, -0.05) is 0 Å². The average Bonchev–Trinajstić information content (AvgIpc) is 1.77.